The van der Waals surface area contributed by atoms with E-state index < -0.39 is 11.9 Å². The molecule has 0 amide bonds. The number of hydrogen-bond acceptors (Lipinski definition) is 6. The lowest BCUT2D eigenvalue weighted by atomic mass is 9.88. The minimum absolute atomic E-state index is 0. The van der Waals surface area contributed by atoms with Crippen molar-refractivity contribution < 1.29 is 29.3 Å². The lowest BCUT2D eigenvalue weighted by Gasteiger charge is -2.19. The molecule has 0 fully saturated rings. The van der Waals surface area contributed by atoms with Crippen molar-refractivity contribution in [1.29, 1.82) is 0 Å². The molecule has 0 spiro atoms. The molecule has 0 atom stereocenters. The molecule has 4 aromatic carbocycles. The topological polar surface area (TPSA) is 163 Å². The molecule has 0 bridgehead atoms. The molecule has 4 aromatic rings. The van der Waals surface area contributed by atoms with Crippen molar-refractivity contribution in [3.8, 4) is 33.8 Å². The number of carbonyl (C=O) groups is 2. The second-order valence-corrected chi connectivity index (χ2v) is 12.0. The Kier molecular flexibility index (Phi) is 14.5. The van der Waals surface area contributed by atoms with Gasteiger partial charge in [-0.25, -0.2) is 4.79 Å². The van der Waals surface area contributed by atoms with Crippen LogP contribution in [0.1, 0.15) is 56.4 Å². The highest BCUT2D eigenvalue weighted by atomic mass is 16.5. The first kappa shape index (κ1) is 37.5. The summed E-state index contributed by atoms with van der Waals surface area (Å²) >= 11 is 0. The van der Waals surface area contributed by atoms with Gasteiger partial charge in [0.2, 0.25) is 0 Å². The highest BCUT2D eigenvalue weighted by Gasteiger charge is 2.16. The second-order valence-electron chi connectivity index (χ2n) is 12.0. The average molecular weight is 629 g/mol. The van der Waals surface area contributed by atoms with Crippen molar-refractivity contribution in [2.75, 3.05) is 13.2 Å². The molecule has 4 rings (SSSR count). The monoisotopic (exact) mass is 628 g/mol. The summed E-state index contributed by atoms with van der Waals surface area (Å²) in [5.41, 5.74) is 8.99. The fraction of sp³-hybridized carbons (Fsp3) is 0.316. The Balaban J connectivity index is 0.00000368. The van der Waals surface area contributed by atoms with Gasteiger partial charge in [0.05, 0.1) is 13.0 Å². The summed E-state index contributed by atoms with van der Waals surface area (Å²) in [4.78, 5) is 22.1. The van der Waals surface area contributed by atoms with E-state index in [1.54, 1.807) is 0 Å². The molecular formula is C38H48N2O6. The first-order chi connectivity index (χ1) is 21.1. The first-order valence-corrected chi connectivity index (χ1v) is 15.2. The fourth-order valence-corrected chi connectivity index (χ4v) is 5.44. The van der Waals surface area contributed by atoms with Crippen molar-refractivity contribution in [1.82, 2.24) is 12.3 Å². The molecule has 0 aliphatic heterocycles. The van der Waals surface area contributed by atoms with Gasteiger partial charge < -0.3 is 32.0 Å². The van der Waals surface area contributed by atoms with Crippen LogP contribution in [0.4, 0.5) is 0 Å². The van der Waals surface area contributed by atoms with Crippen LogP contribution in [0.5, 0.6) is 11.5 Å². The summed E-state index contributed by atoms with van der Waals surface area (Å²) in [5, 5.41) is 18.1. The Morgan fingerprint density at radius 3 is 1.87 bits per heavy atom. The number of ether oxygens (including phenoxy) is 2. The van der Waals surface area contributed by atoms with Crippen LogP contribution in [0.3, 0.4) is 0 Å². The van der Waals surface area contributed by atoms with Crippen molar-refractivity contribution in [2.24, 2.45) is 11.8 Å². The molecule has 0 saturated carbocycles. The zero-order valence-electron chi connectivity index (χ0n) is 27.4. The third-order valence-electron chi connectivity index (χ3n) is 7.29. The standard InChI is InChI=1S/C38H42O6.2H3N/c1-25(2)18-30-23-33(44-24-38(41)42)12-14-35(30)28-10-13-34(31(21-28)20-27-8-6-5-7-9-27)29-11-15-36(43-17-16-37(39)40)32(22-29)19-26(3)4;;/h5-15,21-23,25-26H,16-20,24H2,1-4H3,(H,39,40)(H,41,42);2*1H3. The molecular weight excluding hydrogens is 580 g/mol. The largest absolute Gasteiger partial charge is 0.493 e. The van der Waals surface area contributed by atoms with Gasteiger partial charge in [0.15, 0.2) is 6.61 Å². The van der Waals surface area contributed by atoms with Crippen LogP contribution in [0.25, 0.3) is 22.3 Å². The summed E-state index contributed by atoms with van der Waals surface area (Å²) in [6.45, 7) is 8.42. The van der Waals surface area contributed by atoms with Gasteiger partial charge in [-0.15, -0.1) is 0 Å². The highest BCUT2D eigenvalue weighted by Crippen LogP contribution is 2.36. The number of aliphatic carboxylic acids is 2. The van der Waals surface area contributed by atoms with Crippen LogP contribution >= 0.6 is 0 Å². The summed E-state index contributed by atoms with van der Waals surface area (Å²) < 4.78 is 11.4. The zero-order chi connectivity index (χ0) is 31.6. The maximum atomic E-state index is 11.1. The quantitative estimate of drug-likeness (QED) is 0.102. The van der Waals surface area contributed by atoms with E-state index in [2.05, 4.69) is 82.3 Å². The summed E-state index contributed by atoms with van der Waals surface area (Å²) in [5.74, 6) is 0.209. The third-order valence-corrected chi connectivity index (χ3v) is 7.29. The number of carboxylic acids is 2. The Bertz CT molecular complexity index is 1580. The van der Waals surface area contributed by atoms with Crippen LogP contribution in [-0.2, 0) is 28.9 Å². The van der Waals surface area contributed by atoms with E-state index in [4.69, 9.17) is 19.7 Å². The minimum atomic E-state index is -1.00. The van der Waals surface area contributed by atoms with Gasteiger partial charge in [0.1, 0.15) is 11.5 Å². The van der Waals surface area contributed by atoms with Gasteiger partial charge in [-0.3, -0.25) is 4.79 Å². The van der Waals surface area contributed by atoms with E-state index in [9.17, 15) is 9.59 Å². The van der Waals surface area contributed by atoms with E-state index in [-0.39, 0.29) is 31.9 Å². The van der Waals surface area contributed by atoms with E-state index in [0.717, 1.165) is 58.4 Å². The zero-order valence-corrected chi connectivity index (χ0v) is 27.4. The summed E-state index contributed by atoms with van der Waals surface area (Å²) in [6.07, 6.45) is 2.35. The molecule has 8 N–H and O–H groups in total. The summed E-state index contributed by atoms with van der Waals surface area (Å²) in [6, 6.07) is 29.0. The normalized spacial score (nSPS) is 10.7. The number of hydrogen-bond donors (Lipinski definition) is 4. The van der Waals surface area contributed by atoms with Crippen LogP contribution in [0, 0.1) is 11.8 Å². The number of rotatable bonds is 15. The first-order valence-electron chi connectivity index (χ1n) is 15.2. The van der Waals surface area contributed by atoms with Gasteiger partial charge in [0, 0.05) is 0 Å². The molecule has 246 valence electrons. The van der Waals surface area contributed by atoms with Gasteiger partial charge in [-0.1, -0.05) is 88.4 Å². The van der Waals surface area contributed by atoms with E-state index >= 15 is 0 Å². The molecule has 0 aromatic heterocycles. The van der Waals surface area contributed by atoms with Gasteiger partial charge in [-0.2, -0.15) is 0 Å². The average Bonchev–Trinajstić information content (AvgIpc) is 2.97. The predicted octanol–water partition coefficient (Wildman–Crippen LogP) is 8.65. The van der Waals surface area contributed by atoms with Crippen LogP contribution in [0.2, 0.25) is 0 Å². The Morgan fingerprint density at radius 2 is 1.24 bits per heavy atom. The molecule has 8 nitrogen and oxygen atoms in total. The molecule has 0 saturated heterocycles. The van der Waals surface area contributed by atoms with E-state index in [0.29, 0.717) is 17.6 Å². The lowest BCUT2D eigenvalue weighted by molar-refractivity contribution is -0.139. The van der Waals surface area contributed by atoms with Crippen molar-refractivity contribution in [2.45, 2.75) is 53.4 Å². The maximum absolute atomic E-state index is 11.1. The highest BCUT2D eigenvalue weighted by molar-refractivity contribution is 5.77. The lowest BCUT2D eigenvalue weighted by Crippen LogP contribution is -2.09. The van der Waals surface area contributed by atoms with Crippen LogP contribution < -0.4 is 21.8 Å². The SMILES string of the molecule is CC(C)Cc1cc(-c2ccc(-c3ccc(OCC(=O)O)cc3CC(C)C)cc2Cc2ccccc2)ccc1OCCC(=O)O.N.N. The smallest absolute Gasteiger partial charge is 0.341 e. The maximum Gasteiger partial charge on any atom is 0.341 e. The predicted molar refractivity (Wildman–Crippen MR) is 185 cm³/mol. The Labute approximate surface area is 272 Å². The molecule has 0 aliphatic rings. The molecule has 0 aliphatic carbocycles. The Hall–Kier alpha value is -4.66. The van der Waals surface area contributed by atoms with Crippen LogP contribution in [-0.4, -0.2) is 35.4 Å². The van der Waals surface area contributed by atoms with Gasteiger partial charge in [0.25, 0.3) is 0 Å². The Morgan fingerprint density at radius 1 is 0.652 bits per heavy atom. The molecule has 0 heterocycles. The fourth-order valence-electron chi connectivity index (χ4n) is 5.44. The third kappa shape index (κ3) is 10.8. The number of benzene rings is 4. The molecule has 8 heteroatoms. The minimum Gasteiger partial charge on any atom is -0.493 e. The molecule has 0 unspecified atom stereocenters. The number of carboxylic acid groups (broad SMARTS) is 2. The van der Waals surface area contributed by atoms with Gasteiger partial charge in [-0.05, 0) is 99.9 Å². The van der Waals surface area contributed by atoms with Crippen LogP contribution in [0.15, 0.2) is 84.9 Å². The molecule has 46 heavy (non-hydrogen) atoms. The second kappa shape index (κ2) is 17.7. The van der Waals surface area contributed by atoms with Crippen molar-refractivity contribution in [3.05, 3.63) is 107 Å². The molecule has 0 radical (unpaired) electrons. The van der Waals surface area contributed by atoms with Gasteiger partial charge >= 0.3 is 11.9 Å². The van der Waals surface area contributed by atoms with E-state index in [1.165, 1.54) is 11.1 Å². The van der Waals surface area contributed by atoms with Crippen molar-refractivity contribution in [3.63, 3.8) is 0 Å². The van der Waals surface area contributed by atoms with E-state index in [1.807, 2.05) is 30.3 Å². The summed E-state index contributed by atoms with van der Waals surface area (Å²) in [7, 11) is 0. The van der Waals surface area contributed by atoms with Crippen molar-refractivity contribution >= 4 is 11.9 Å².